The monoisotopic (exact) mass is 249 g/mol. The van der Waals surface area contributed by atoms with Crippen LogP contribution in [0.1, 0.15) is 29.9 Å². The molecule has 0 spiro atoms. The third-order valence-corrected chi connectivity index (χ3v) is 2.99. The summed E-state index contributed by atoms with van der Waals surface area (Å²) in [5, 5.41) is 3.83. The molecule has 1 N–H and O–H groups in total. The van der Waals surface area contributed by atoms with Crippen LogP contribution < -0.4 is 5.32 Å². The van der Waals surface area contributed by atoms with E-state index in [4.69, 9.17) is 16.0 Å². The maximum absolute atomic E-state index is 5.72. The van der Waals surface area contributed by atoms with Crippen LogP contribution in [0.3, 0.4) is 0 Å². The molecule has 2 nitrogen and oxygen atoms in total. The largest absolute Gasteiger partial charge is 0.448 e. The van der Waals surface area contributed by atoms with Gasteiger partial charge in [-0.05, 0) is 43.1 Å². The molecule has 1 aromatic carbocycles. The van der Waals surface area contributed by atoms with Gasteiger partial charge in [-0.15, -0.1) is 0 Å². The number of hydrogen-bond donors (Lipinski definition) is 1. The molecule has 0 amide bonds. The second-order valence-corrected chi connectivity index (χ2v) is 4.59. The minimum Gasteiger partial charge on any atom is -0.448 e. The Morgan fingerprint density at radius 3 is 2.47 bits per heavy atom. The first-order valence-electron chi connectivity index (χ1n) is 5.69. The number of halogens is 1. The summed E-state index contributed by atoms with van der Waals surface area (Å²) in [7, 11) is 0. The molecule has 0 radical (unpaired) electrons. The van der Waals surface area contributed by atoms with E-state index in [-0.39, 0.29) is 0 Å². The Labute approximate surface area is 107 Å². The second kappa shape index (κ2) is 5.39. The molecule has 1 atom stereocenters. The highest BCUT2D eigenvalue weighted by Gasteiger charge is 2.06. The van der Waals surface area contributed by atoms with Gasteiger partial charge in [0.2, 0.25) is 0 Å². The molecular formula is C14H16ClNO. The lowest BCUT2D eigenvalue weighted by molar-refractivity contribution is 0.461. The Bertz CT molecular complexity index is 475. The SMILES string of the molecule is Cc1ccc([C@@H](C)NCc2ccc(Cl)o2)cc1. The molecule has 0 aliphatic rings. The first-order chi connectivity index (χ1) is 8.15. The van der Waals surface area contributed by atoms with Gasteiger partial charge < -0.3 is 9.73 Å². The van der Waals surface area contributed by atoms with Gasteiger partial charge in [-0.3, -0.25) is 0 Å². The predicted octanol–water partition coefficient (Wildman–Crippen LogP) is 4.09. The van der Waals surface area contributed by atoms with Crippen LogP contribution in [0.2, 0.25) is 5.22 Å². The van der Waals surface area contributed by atoms with E-state index in [0.29, 0.717) is 17.8 Å². The number of nitrogens with one attached hydrogen (secondary N) is 1. The van der Waals surface area contributed by atoms with Crippen molar-refractivity contribution in [2.75, 3.05) is 0 Å². The third-order valence-electron chi connectivity index (χ3n) is 2.79. The molecule has 3 heteroatoms. The molecule has 0 aliphatic carbocycles. The van der Waals surface area contributed by atoms with Crippen molar-refractivity contribution in [2.24, 2.45) is 0 Å². The van der Waals surface area contributed by atoms with Crippen LogP contribution in [0.25, 0.3) is 0 Å². The van der Waals surface area contributed by atoms with Gasteiger partial charge in [-0.25, -0.2) is 0 Å². The van der Waals surface area contributed by atoms with Gasteiger partial charge in [0.1, 0.15) is 5.76 Å². The van der Waals surface area contributed by atoms with Gasteiger partial charge in [0.15, 0.2) is 5.22 Å². The minimum absolute atomic E-state index is 0.291. The van der Waals surface area contributed by atoms with Crippen molar-refractivity contribution in [3.05, 3.63) is 58.5 Å². The van der Waals surface area contributed by atoms with Gasteiger partial charge in [0.05, 0.1) is 6.54 Å². The van der Waals surface area contributed by atoms with Crippen LogP contribution in [0, 0.1) is 6.92 Å². The zero-order valence-electron chi connectivity index (χ0n) is 10.0. The van der Waals surface area contributed by atoms with E-state index in [0.717, 1.165) is 5.76 Å². The quantitative estimate of drug-likeness (QED) is 0.883. The highest BCUT2D eigenvalue weighted by atomic mass is 35.5. The van der Waals surface area contributed by atoms with Gasteiger partial charge in [0, 0.05) is 6.04 Å². The van der Waals surface area contributed by atoms with Crippen LogP contribution in [0.5, 0.6) is 0 Å². The first-order valence-corrected chi connectivity index (χ1v) is 6.07. The zero-order chi connectivity index (χ0) is 12.3. The van der Waals surface area contributed by atoms with E-state index in [9.17, 15) is 0 Å². The lowest BCUT2D eigenvalue weighted by atomic mass is 10.1. The van der Waals surface area contributed by atoms with E-state index >= 15 is 0 Å². The molecule has 2 rings (SSSR count). The number of aryl methyl sites for hydroxylation is 1. The third kappa shape index (κ3) is 3.35. The number of rotatable bonds is 4. The molecule has 0 fully saturated rings. The van der Waals surface area contributed by atoms with Crippen molar-refractivity contribution >= 4 is 11.6 Å². The van der Waals surface area contributed by atoms with Gasteiger partial charge in [-0.1, -0.05) is 29.8 Å². The van der Waals surface area contributed by atoms with E-state index < -0.39 is 0 Å². The molecule has 0 bridgehead atoms. The smallest absolute Gasteiger partial charge is 0.193 e. The highest BCUT2D eigenvalue weighted by molar-refractivity contribution is 6.28. The number of benzene rings is 1. The maximum atomic E-state index is 5.72. The van der Waals surface area contributed by atoms with Crippen molar-refractivity contribution in [1.82, 2.24) is 5.32 Å². The summed E-state index contributed by atoms with van der Waals surface area (Å²) < 4.78 is 5.29. The van der Waals surface area contributed by atoms with E-state index in [2.05, 4.69) is 43.4 Å². The van der Waals surface area contributed by atoms with Crippen LogP contribution >= 0.6 is 11.6 Å². The summed E-state index contributed by atoms with van der Waals surface area (Å²) in [4.78, 5) is 0. The molecule has 1 heterocycles. The molecule has 2 aromatic rings. The Balaban J connectivity index is 1.93. The van der Waals surface area contributed by atoms with Gasteiger partial charge >= 0.3 is 0 Å². The fraction of sp³-hybridized carbons (Fsp3) is 0.286. The van der Waals surface area contributed by atoms with Crippen molar-refractivity contribution in [1.29, 1.82) is 0 Å². The fourth-order valence-electron chi connectivity index (χ4n) is 1.67. The highest BCUT2D eigenvalue weighted by Crippen LogP contribution is 2.16. The molecule has 0 unspecified atom stereocenters. The summed E-state index contributed by atoms with van der Waals surface area (Å²) in [6, 6.07) is 12.5. The number of hydrogen-bond acceptors (Lipinski definition) is 2. The second-order valence-electron chi connectivity index (χ2n) is 4.22. The molecule has 90 valence electrons. The van der Waals surface area contributed by atoms with Crippen molar-refractivity contribution < 1.29 is 4.42 Å². The molecule has 0 saturated carbocycles. The standard InChI is InChI=1S/C14H16ClNO/c1-10-3-5-12(6-4-10)11(2)16-9-13-7-8-14(15)17-13/h3-8,11,16H,9H2,1-2H3/t11-/m1/s1. The van der Waals surface area contributed by atoms with Crippen molar-refractivity contribution in [3.63, 3.8) is 0 Å². The number of furan rings is 1. The summed E-state index contributed by atoms with van der Waals surface area (Å²) in [5.41, 5.74) is 2.55. The average Bonchev–Trinajstić information content (AvgIpc) is 2.73. The summed E-state index contributed by atoms with van der Waals surface area (Å²) in [6.45, 7) is 4.91. The van der Waals surface area contributed by atoms with Crippen LogP contribution in [-0.4, -0.2) is 0 Å². The van der Waals surface area contributed by atoms with E-state index in [1.807, 2.05) is 6.07 Å². The Kier molecular flexibility index (Phi) is 3.87. The van der Waals surface area contributed by atoms with E-state index in [1.54, 1.807) is 6.07 Å². The first kappa shape index (κ1) is 12.2. The summed E-state index contributed by atoms with van der Waals surface area (Å²) in [6.07, 6.45) is 0. The molecule has 1 aromatic heterocycles. The zero-order valence-corrected chi connectivity index (χ0v) is 10.8. The van der Waals surface area contributed by atoms with Gasteiger partial charge in [0.25, 0.3) is 0 Å². The Morgan fingerprint density at radius 1 is 1.18 bits per heavy atom. The van der Waals surface area contributed by atoms with E-state index in [1.165, 1.54) is 11.1 Å². The van der Waals surface area contributed by atoms with Crippen LogP contribution in [0.15, 0.2) is 40.8 Å². The molecule has 17 heavy (non-hydrogen) atoms. The van der Waals surface area contributed by atoms with Crippen LogP contribution in [-0.2, 0) is 6.54 Å². The van der Waals surface area contributed by atoms with Gasteiger partial charge in [-0.2, -0.15) is 0 Å². The normalized spacial score (nSPS) is 12.6. The molecule has 0 aliphatic heterocycles. The molecule has 0 saturated heterocycles. The topological polar surface area (TPSA) is 25.2 Å². The lowest BCUT2D eigenvalue weighted by Gasteiger charge is -2.13. The average molecular weight is 250 g/mol. The summed E-state index contributed by atoms with van der Waals surface area (Å²) >= 11 is 5.72. The lowest BCUT2D eigenvalue weighted by Crippen LogP contribution is -2.17. The van der Waals surface area contributed by atoms with Crippen molar-refractivity contribution in [2.45, 2.75) is 26.4 Å². The minimum atomic E-state index is 0.291. The van der Waals surface area contributed by atoms with Crippen molar-refractivity contribution in [3.8, 4) is 0 Å². The summed E-state index contributed by atoms with van der Waals surface area (Å²) in [5.74, 6) is 0.856. The Morgan fingerprint density at radius 2 is 1.88 bits per heavy atom. The predicted molar refractivity (Wildman–Crippen MR) is 70.2 cm³/mol. The Hall–Kier alpha value is -1.25. The fourth-order valence-corrected chi connectivity index (χ4v) is 1.84. The van der Waals surface area contributed by atoms with Crippen LogP contribution in [0.4, 0.5) is 0 Å². The molecular weight excluding hydrogens is 234 g/mol. The maximum Gasteiger partial charge on any atom is 0.193 e.